The van der Waals surface area contributed by atoms with Crippen LogP contribution in [0.25, 0.3) is 0 Å². The summed E-state index contributed by atoms with van der Waals surface area (Å²) in [6, 6.07) is 5.92. The number of amides is 2. The summed E-state index contributed by atoms with van der Waals surface area (Å²) >= 11 is 6.71. The Kier molecular flexibility index (Phi) is 6.57. The van der Waals surface area contributed by atoms with Gasteiger partial charge in [-0.1, -0.05) is 56.8 Å². The molecule has 0 saturated heterocycles. The summed E-state index contributed by atoms with van der Waals surface area (Å²) in [5.74, 6) is -0.230. The maximum absolute atomic E-state index is 12.7. The molecule has 1 atom stereocenters. The molecule has 6 heteroatoms. The second kappa shape index (κ2) is 8.78. The van der Waals surface area contributed by atoms with Gasteiger partial charge in [-0.05, 0) is 54.4 Å². The highest BCUT2D eigenvalue weighted by molar-refractivity contribution is 6.31. The molecule has 3 rings (SSSR count). The van der Waals surface area contributed by atoms with Gasteiger partial charge in [-0.25, -0.2) is 4.79 Å². The maximum Gasteiger partial charge on any atom is 0.322 e. The minimum atomic E-state index is -0.921. The lowest BCUT2D eigenvalue weighted by Crippen LogP contribution is -2.55. The van der Waals surface area contributed by atoms with E-state index in [9.17, 15) is 9.59 Å². The summed E-state index contributed by atoms with van der Waals surface area (Å²) in [7, 11) is 0. The number of rotatable bonds is 6. The lowest BCUT2D eigenvalue weighted by atomic mass is 9.77. The Morgan fingerprint density at radius 1 is 1.31 bits per heavy atom. The molecule has 1 heterocycles. The first-order chi connectivity index (χ1) is 13.7. The number of carboxylic acids is 1. The van der Waals surface area contributed by atoms with Crippen molar-refractivity contribution in [1.29, 1.82) is 0 Å². The van der Waals surface area contributed by atoms with E-state index in [1.165, 1.54) is 42.6 Å². The van der Waals surface area contributed by atoms with E-state index in [0.717, 1.165) is 16.2 Å². The Bertz CT molecular complexity index is 814. The molecule has 0 unspecified atom stereocenters. The fourth-order valence-electron chi connectivity index (χ4n) is 4.64. The number of carbonyl (C=O) groups excluding carboxylic acids is 1. The van der Waals surface area contributed by atoms with Crippen LogP contribution in [0.5, 0.6) is 0 Å². The highest BCUT2D eigenvalue weighted by Crippen LogP contribution is 2.41. The third kappa shape index (κ3) is 4.61. The van der Waals surface area contributed by atoms with Crippen LogP contribution in [0.2, 0.25) is 5.02 Å². The summed E-state index contributed by atoms with van der Waals surface area (Å²) in [6.45, 7) is 6.30. The monoisotopic (exact) mass is 418 g/mol. The van der Waals surface area contributed by atoms with Crippen LogP contribution < -0.4 is 5.32 Å². The smallest absolute Gasteiger partial charge is 0.322 e. The number of hydrogen-bond acceptors (Lipinski definition) is 2. The van der Waals surface area contributed by atoms with Crippen LogP contribution in [0.3, 0.4) is 0 Å². The zero-order valence-electron chi connectivity index (χ0n) is 17.5. The molecule has 1 aliphatic heterocycles. The number of benzene rings is 1. The first-order valence-electron chi connectivity index (χ1n) is 10.5. The van der Waals surface area contributed by atoms with Gasteiger partial charge in [0.25, 0.3) is 0 Å². The van der Waals surface area contributed by atoms with Crippen LogP contribution in [0.15, 0.2) is 30.0 Å². The van der Waals surface area contributed by atoms with Crippen LogP contribution in [0.4, 0.5) is 4.79 Å². The van der Waals surface area contributed by atoms with Gasteiger partial charge >= 0.3 is 12.0 Å². The lowest BCUT2D eigenvalue weighted by molar-refractivity contribution is -0.137. The van der Waals surface area contributed by atoms with Gasteiger partial charge in [0.15, 0.2) is 0 Å². The van der Waals surface area contributed by atoms with E-state index in [-0.39, 0.29) is 24.9 Å². The van der Waals surface area contributed by atoms with Crippen LogP contribution in [0, 0.1) is 5.92 Å². The van der Waals surface area contributed by atoms with E-state index >= 15 is 0 Å². The van der Waals surface area contributed by atoms with Gasteiger partial charge in [0, 0.05) is 17.8 Å². The molecule has 158 valence electrons. The van der Waals surface area contributed by atoms with Gasteiger partial charge in [0.1, 0.15) is 0 Å². The molecule has 2 aliphatic rings. The maximum atomic E-state index is 12.7. The van der Waals surface area contributed by atoms with Gasteiger partial charge in [-0.3, -0.25) is 4.79 Å². The largest absolute Gasteiger partial charge is 0.481 e. The van der Waals surface area contributed by atoms with Crippen molar-refractivity contribution in [1.82, 2.24) is 10.2 Å². The average molecular weight is 419 g/mol. The third-order valence-electron chi connectivity index (χ3n) is 6.30. The van der Waals surface area contributed by atoms with Crippen LogP contribution in [-0.2, 0) is 10.3 Å². The molecule has 0 radical (unpaired) electrons. The van der Waals surface area contributed by atoms with E-state index in [0.29, 0.717) is 5.92 Å². The molecule has 1 aliphatic carbocycles. The molecule has 0 spiro atoms. The number of carbonyl (C=O) groups is 2. The quantitative estimate of drug-likeness (QED) is 0.627. The molecule has 1 fully saturated rings. The fourth-order valence-corrected chi connectivity index (χ4v) is 4.98. The molecule has 0 bridgehead atoms. The molecule has 2 amide bonds. The summed E-state index contributed by atoms with van der Waals surface area (Å²) in [6.07, 6.45) is 7.90. The molecule has 1 aromatic rings. The number of urea groups is 1. The minimum Gasteiger partial charge on any atom is -0.481 e. The molecule has 1 saturated carbocycles. The van der Waals surface area contributed by atoms with Crippen molar-refractivity contribution in [2.45, 2.75) is 70.8 Å². The third-order valence-corrected chi connectivity index (χ3v) is 6.63. The Morgan fingerprint density at radius 3 is 2.59 bits per heavy atom. The van der Waals surface area contributed by atoms with E-state index in [2.05, 4.69) is 31.3 Å². The number of aliphatic carboxylic acids is 1. The molecule has 0 aromatic heterocycles. The SMILES string of the molecule is CC(C)C1=CN(CCC(=O)O)C(=O)N[C@@]1(C)c1ccc(C2CCCCC2)c(Cl)c1. The fraction of sp³-hybridized carbons (Fsp3) is 0.565. The van der Waals surface area contributed by atoms with Gasteiger partial charge in [0.05, 0.1) is 12.0 Å². The Hall–Kier alpha value is -2.01. The molecular weight excluding hydrogens is 388 g/mol. The predicted molar refractivity (Wildman–Crippen MR) is 115 cm³/mol. The number of carboxylic acid groups (broad SMARTS) is 1. The van der Waals surface area contributed by atoms with Crippen LogP contribution in [0.1, 0.15) is 76.3 Å². The number of nitrogens with zero attached hydrogens (tertiary/aromatic N) is 1. The van der Waals surface area contributed by atoms with Crippen LogP contribution in [-0.4, -0.2) is 28.6 Å². The summed E-state index contributed by atoms with van der Waals surface area (Å²) in [4.78, 5) is 25.1. The van der Waals surface area contributed by atoms with Crippen molar-refractivity contribution >= 4 is 23.6 Å². The van der Waals surface area contributed by atoms with Crippen molar-refractivity contribution in [3.63, 3.8) is 0 Å². The number of nitrogens with one attached hydrogen (secondary N) is 1. The van der Waals surface area contributed by atoms with E-state index in [1.807, 2.05) is 19.2 Å². The normalized spacial score (nSPS) is 23.1. The Balaban J connectivity index is 1.93. The van der Waals surface area contributed by atoms with Gasteiger partial charge in [0.2, 0.25) is 0 Å². The molecule has 1 aromatic carbocycles. The second-order valence-electron chi connectivity index (χ2n) is 8.70. The number of hydrogen-bond donors (Lipinski definition) is 2. The standard InChI is InChI=1S/C23H31ClN2O3/c1-15(2)19-14-26(12-11-21(27)28)22(29)25-23(19,3)17-9-10-18(20(24)13-17)16-7-5-4-6-8-16/h9-10,13-16H,4-8,11-12H2,1-3H3,(H,25,29)(H,27,28)/t23-/m0/s1. The zero-order chi connectivity index (χ0) is 21.2. The summed E-state index contributed by atoms with van der Waals surface area (Å²) < 4.78 is 0. The van der Waals surface area contributed by atoms with Crippen molar-refractivity contribution < 1.29 is 14.7 Å². The second-order valence-corrected chi connectivity index (χ2v) is 9.11. The van der Waals surface area contributed by atoms with E-state index in [4.69, 9.17) is 16.7 Å². The van der Waals surface area contributed by atoms with E-state index < -0.39 is 11.5 Å². The molecule has 29 heavy (non-hydrogen) atoms. The Morgan fingerprint density at radius 2 is 2.00 bits per heavy atom. The highest BCUT2D eigenvalue weighted by Gasteiger charge is 2.40. The van der Waals surface area contributed by atoms with Crippen molar-refractivity contribution in [2.75, 3.05) is 6.54 Å². The lowest BCUT2D eigenvalue weighted by Gasteiger charge is -2.42. The van der Waals surface area contributed by atoms with Crippen molar-refractivity contribution in [3.8, 4) is 0 Å². The summed E-state index contributed by atoms with van der Waals surface area (Å²) in [5, 5.41) is 12.8. The molecule has 5 nitrogen and oxygen atoms in total. The zero-order valence-corrected chi connectivity index (χ0v) is 18.3. The molecule has 2 N–H and O–H groups in total. The highest BCUT2D eigenvalue weighted by atomic mass is 35.5. The average Bonchev–Trinajstić information content (AvgIpc) is 2.67. The van der Waals surface area contributed by atoms with E-state index in [1.54, 1.807) is 0 Å². The topological polar surface area (TPSA) is 69.6 Å². The van der Waals surface area contributed by atoms with Crippen molar-refractivity contribution in [2.24, 2.45) is 5.92 Å². The van der Waals surface area contributed by atoms with Crippen molar-refractivity contribution in [3.05, 3.63) is 46.1 Å². The first-order valence-corrected chi connectivity index (χ1v) is 10.9. The first kappa shape index (κ1) is 21.7. The number of halogens is 1. The minimum absolute atomic E-state index is 0.0894. The Labute approximate surface area is 178 Å². The summed E-state index contributed by atoms with van der Waals surface area (Å²) in [5.41, 5.74) is 2.51. The predicted octanol–water partition coefficient (Wildman–Crippen LogP) is 5.64. The van der Waals surface area contributed by atoms with Gasteiger partial charge in [-0.2, -0.15) is 0 Å². The van der Waals surface area contributed by atoms with Gasteiger partial charge in [-0.15, -0.1) is 0 Å². The molecular formula is C23H31ClN2O3. The van der Waals surface area contributed by atoms with Gasteiger partial charge < -0.3 is 15.3 Å². The van der Waals surface area contributed by atoms with Crippen LogP contribution >= 0.6 is 11.6 Å².